The van der Waals surface area contributed by atoms with Crippen LogP contribution < -0.4 is 5.32 Å². The van der Waals surface area contributed by atoms with E-state index in [-0.39, 0.29) is 18.9 Å². The van der Waals surface area contributed by atoms with Crippen LogP contribution in [0.2, 0.25) is 0 Å². The number of hydrogen-bond acceptors (Lipinski definition) is 3. The van der Waals surface area contributed by atoms with Gasteiger partial charge < -0.3 is 15.2 Å². The normalized spacial score (nSPS) is 11.7. The quantitative estimate of drug-likeness (QED) is 0.781. The van der Waals surface area contributed by atoms with Gasteiger partial charge in [-0.2, -0.15) is 0 Å². The Morgan fingerprint density at radius 1 is 1.08 bits per heavy atom. The summed E-state index contributed by atoms with van der Waals surface area (Å²) in [7, 11) is 1.50. The van der Waals surface area contributed by atoms with Crippen LogP contribution in [-0.2, 0) is 16.0 Å². The van der Waals surface area contributed by atoms with E-state index in [1.165, 1.54) is 7.11 Å². The molecule has 0 aliphatic carbocycles. The fourth-order valence-corrected chi connectivity index (χ4v) is 2.44. The van der Waals surface area contributed by atoms with Gasteiger partial charge in [-0.25, -0.2) is 4.79 Å². The molecule has 0 fully saturated rings. The first kappa shape index (κ1) is 17.7. The number of carbonyl (C=O) groups excluding carboxylic acids is 1. The lowest BCUT2D eigenvalue weighted by Gasteiger charge is -2.16. The molecule has 1 amide bonds. The second-order valence-electron chi connectivity index (χ2n) is 5.47. The second kappa shape index (κ2) is 8.84. The first-order valence-corrected chi connectivity index (χ1v) is 7.76. The number of carboxylic acids is 1. The van der Waals surface area contributed by atoms with Gasteiger partial charge in [-0.1, -0.05) is 48.5 Å². The molecule has 24 heavy (non-hydrogen) atoms. The van der Waals surface area contributed by atoms with E-state index in [0.717, 1.165) is 11.1 Å². The van der Waals surface area contributed by atoms with Crippen molar-refractivity contribution in [3.8, 4) is 0 Å². The van der Waals surface area contributed by atoms with Gasteiger partial charge in [0.1, 0.15) is 6.04 Å². The molecule has 0 aliphatic rings. The molecule has 126 valence electrons. The van der Waals surface area contributed by atoms with Gasteiger partial charge >= 0.3 is 5.97 Å². The van der Waals surface area contributed by atoms with E-state index in [0.29, 0.717) is 12.0 Å². The largest absolute Gasteiger partial charge is 0.480 e. The predicted molar refractivity (Wildman–Crippen MR) is 91.1 cm³/mol. The molecule has 0 saturated carbocycles. The highest BCUT2D eigenvalue weighted by molar-refractivity contribution is 5.97. The summed E-state index contributed by atoms with van der Waals surface area (Å²) in [6.07, 6.45) is 0.832. The third-order valence-corrected chi connectivity index (χ3v) is 3.71. The Kier molecular flexibility index (Phi) is 6.51. The first-order valence-electron chi connectivity index (χ1n) is 7.76. The van der Waals surface area contributed by atoms with Crippen molar-refractivity contribution in [2.24, 2.45) is 0 Å². The standard InChI is InChI=1S/C19H21NO4/c1-24-12-11-17(19(22)23)20-18(21)16-10-6-5-9-15(16)13-14-7-3-2-4-8-14/h2-10,17H,11-13H2,1H3,(H,20,21)(H,22,23). The van der Waals surface area contributed by atoms with E-state index in [2.05, 4.69) is 5.32 Å². The van der Waals surface area contributed by atoms with Crippen LogP contribution in [0.25, 0.3) is 0 Å². The molecule has 0 aromatic heterocycles. The maximum atomic E-state index is 12.5. The van der Waals surface area contributed by atoms with Gasteiger partial charge in [-0.15, -0.1) is 0 Å². The van der Waals surface area contributed by atoms with E-state index >= 15 is 0 Å². The van der Waals surface area contributed by atoms with Crippen molar-refractivity contribution >= 4 is 11.9 Å². The van der Waals surface area contributed by atoms with Gasteiger partial charge in [-0.05, 0) is 23.6 Å². The Hall–Kier alpha value is -2.66. The summed E-state index contributed by atoms with van der Waals surface area (Å²) in [6, 6.07) is 16.1. The number of benzene rings is 2. The lowest BCUT2D eigenvalue weighted by molar-refractivity contribution is -0.139. The average Bonchev–Trinajstić information content (AvgIpc) is 2.59. The van der Waals surface area contributed by atoms with Gasteiger partial charge in [-0.3, -0.25) is 4.79 Å². The zero-order valence-corrected chi connectivity index (χ0v) is 13.6. The minimum absolute atomic E-state index is 0.221. The van der Waals surface area contributed by atoms with E-state index in [1.807, 2.05) is 42.5 Å². The number of rotatable bonds is 8. The summed E-state index contributed by atoms with van der Waals surface area (Å²) in [6.45, 7) is 0.267. The Labute approximate surface area is 141 Å². The van der Waals surface area contributed by atoms with Crippen LogP contribution in [-0.4, -0.2) is 36.7 Å². The number of nitrogens with one attached hydrogen (secondary N) is 1. The lowest BCUT2D eigenvalue weighted by Crippen LogP contribution is -2.41. The number of aliphatic carboxylic acids is 1. The number of hydrogen-bond donors (Lipinski definition) is 2. The van der Waals surface area contributed by atoms with Crippen molar-refractivity contribution in [1.29, 1.82) is 0 Å². The van der Waals surface area contributed by atoms with Crippen molar-refractivity contribution < 1.29 is 19.4 Å². The summed E-state index contributed by atoms with van der Waals surface area (Å²) in [5, 5.41) is 11.8. The predicted octanol–water partition coefficient (Wildman–Crippen LogP) is 2.50. The van der Waals surface area contributed by atoms with Crippen LogP contribution in [0.1, 0.15) is 27.9 Å². The molecule has 0 spiro atoms. The molecule has 1 atom stereocenters. The highest BCUT2D eigenvalue weighted by Gasteiger charge is 2.21. The monoisotopic (exact) mass is 327 g/mol. The number of amides is 1. The van der Waals surface area contributed by atoms with Crippen molar-refractivity contribution in [1.82, 2.24) is 5.32 Å². The van der Waals surface area contributed by atoms with Crippen LogP contribution in [0.15, 0.2) is 54.6 Å². The molecule has 0 heterocycles. The first-order chi connectivity index (χ1) is 11.6. The summed E-state index contributed by atoms with van der Waals surface area (Å²) < 4.78 is 4.90. The summed E-state index contributed by atoms with van der Waals surface area (Å²) in [5.41, 5.74) is 2.44. The van der Waals surface area contributed by atoms with Gasteiger partial charge in [0.15, 0.2) is 0 Å². The number of carbonyl (C=O) groups is 2. The van der Waals surface area contributed by atoms with Crippen LogP contribution in [0.4, 0.5) is 0 Å². The van der Waals surface area contributed by atoms with Crippen LogP contribution in [0, 0.1) is 0 Å². The van der Waals surface area contributed by atoms with Gasteiger partial charge in [0.05, 0.1) is 0 Å². The number of methoxy groups -OCH3 is 1. The minimum Gasteiger partial charge on any atom is -0.480 e. The molecule has 0 aliphatic heterocycles. The fraction of sp³-hybridized carbons (Fsp3) is 0.263. The van der Waals surface area contributed by atoms with E-state index in [4.69, 9.17) is 4.74 Å². The molecular formula is C19H21NO4. The molecule has 2 rings (SSSR count). The zero-order valence-electron chi connectivity index (χ0n) is 13.6. The Morgan fingerprint density at radius 2 is 1.75 bits per heavy atom. The number of ether oxygens (including phenoxy) is 1. The van der Waals surface area contributed by atoms with Crippen LogP contribution in [0.3, 0.4) is 0 Å². The van der Waals surface area contributed by atoms with Crippen molar-refractivity contribution in [3.63, 3.8) is 0 Å². The molecule has 0 radical (unpaired) electrons. The molecule has 5 nitrogen and oxygen atoms in total. The van der Waals surface area contributed by atoms with Crippen molar-refractivity contribution in [2.75, 3.05) is 13.7 Å². The highest BCUT2D eigenvalue weighted by Crippen LogP contribution is 2.15. The SMILES string of the molecule is COCCC(NC(=O)c1ccccc1Cc1ccccc1)C(=O)O. The maximum absolute atomic E-state index is 12.5. The van der Waals surface area contributed by atoms with Crippen molar-refractivity contribution in [3.05, 3.63) is 71.3 Å². The van der Waals surface area contributed by atoms with E-state index in [1.54, 1.807) is 12.1 Å². The molecule has 2 N–H and O–H groups in total. The van der Waals surface area contributed by atoms with E-state index < -0.39 is 12.0 Å². The van der Waals surface area contributed by atoms with Gasteiger partial charge in [0.25, 0.3) is 5.91 Å². The maximum Gasteiger partial charge on any atom is 0.326 e. The molecule has 2 aromatic carbocycles. The Morgan fingerprint density at radius 3 is 2.42 bits per heavy atom. The average molecular weight is 327 g/mol. The smallest absolute Gasteiger partial charge is 0.326 e. The van der Waals surface area contributed by atoms with E-state index in [9.17, 15) is 14.7 Å². The van der Waals surface area contributed by atoms with Gasteiger partial charge in [0.2, 0.25) is 0 Å². The third kappa shape index (κ3) is 4.93. The lowest BCUT2D eigenvalue weighted by atomic mass is 9.99. The topological polar surface area (TPSA) is 75.6 Å². The van der Waals surface area contributed by atoms with Gasteiger partial charge in [0, 0.05) is 25.7 Å². The minimum atomic E-state index is -1.07. The molecule has 5 heteroatoms. The molecule has 1 unspecified atom stereocenters. The summed E-state index contributed by atoms with van der Waals surface area (Å²) >= 11 is 0. The van der Waals surface area contributed by atoms with Crippen LogP contribution >= 0.6 is 0 Å². The fourth-order valence-electron chi connectivity index (χ4n) is 2.44. The molecule has 2 aromatic rings. The zero-order chi connectivity index (χ0) is 17.4. The van der Waals surface area contributed by atoms with Crippen molar-refractivity contribution in [2.45, 2.75) is 18.9 Å². The summed E-state index contributed by atoms with van der Waals surface area (Å²) in [5.74, 6) is -1.45. The second-order valence-corrected chi connectivity index (χ2v) is 5.47. The molecule has 0 saturated heterocycles. The number of carboxylic acid groups (broad SMARTS) is 1. The molecular weight excluding hydrogens is 306 g/mol. The third-order valence-electron chi connectivity index (χ3n) is 3.71. The molecule has 0 bridgehead atoms. The Balaban J connectivity index is 2.15. The Bertz CT molecular complexity index is 685. The summed E-state index contributed by atoms with van der Waals surface area (Å²) in [4.78, 5) is 23.8. The van der Waals surface area contributed by atoms with Crippen LogP contribution in [0.5, 0.6) is 0 Å². The highest BCUT2D eigenvalue weighted by atomic mass is 16.5.